The van der Waals surface area contributed by atoms with E-state index >= 15 is 0 Å². The molecule has 21 heavy (non-hydrogen) atoms. The van der Waals surface area contributed by atoms with E-state index in [4.69, 9.17) is 4.74 Å². The van der Waals surface area contributed by atoms with E-state index in [0.717, 1.165) is 32.2 Å². The third-order valence-corrected chi connectivity index (χ3v) is 4.45. The molecule has 2 heteroatoms. The number of benzene rings is 1. The number of rotatable bonds is 7. The zero-order chi connectivity index (χ0) is 15.1. The van der Waals surface area contributed by atoms with Crippen molar-refractivity contribution in [3.63, 3.8) is 0 Å². The molecule has 0 saturated carbocycles. The molecule has 1 aromatic rings. The highest BCUT2D eigenvalue weighted by Gasteiger charge is 2.20. The second-order valence-electron chi connectivity index (χ2n) is 6.95. The van der Waals surface area contributed by atoms with Crippen molar-refractivity contribution in [2.75, 3.05) is 26.3 Å². The minimum Gasteiger partial charge on any atom is -0.381 e. The van der Waals surface area contributed by atoms with Crippen molar-refractivity contribution in [2.45, 2.75) is 46.0 Å². The van der Waals surface area contributed by atoms with E-state index in [1.165, 1.54) is 30.4 Å². The van der Waals surface area contributed by atoms with E-state index in [0.29, 0.717) is 11.8 Å². The summed E-state index contributed by atoms with van der Waals surface area (Å²) in [4.78, 5) is 0. The molecule has 0 amide bonds. The molecule has 1 fully saturated rings. The molecule has 0 aliphatic carbocycles. The van der Waals surface area contributed by atoms with Gasteiger partial charge in [-0.3, -0.25) is 0 Å². The molecule has 0 bridgehead atoms. The molecule has 1 atom stereocenters. The van der Waals surface area contributed by atoms with Crippen LogP contribution in [0.3, 0.4) is 0 Å². The summed E-state index contributed by atoms with van der Waals surface area (Å²) in [6, 6.07) is 9.12. The van der Waals surface area contributed by atoms with Crippen LogP contribution in [0.5, 0.6) is 0 Å². The summed E-state index contributed by atoms with van der Waals surface area (Å²) in [6.45, 7) is 10.8. The summed E-state index contributed by atoms with van der Waals surface area (Å²) in [5.74, 6) is 2.17. The largest absolute Gasteiger partial charge is 0.381 e. The van der Waals surface area contributed by atoms with Crippen molar-refractivity contribution in [1.29, 1.82) is 0 Å². The van der Waals surface area contributed by atoms with Crippen molar-refractivity contribution < 1.29 is 4.74 Å². The maximum absolute atomic E-state index is 5.50. The maximum Gasteiger partial charge on any atom is 0.0468 e. The number of ether oxygens (including phenoxy) is 1. The summed E-state index contributed by atoms with van der Waals surface area (Å²) in [6.07, 6.45) is 3.75. The lowest BCUT2D eigenvalue weighted by Crippen LogP contribution is -2.28. The van der Waals surface area contributed by atoms with Crippen molar-refractivity contribution in [1.82, 2.24) is 5.32 Å². The van der Waals surface area contributed by atoms with Gasteiger partial charge in [0.15, 0.2) is 0 Å². The van der Waals surface area contributed by atoms with Crippen LogP contribution in [0.15, 0.2) is 24.3 Å². The predicted octanol–water partition coefficient (Wildman–Crippen LogP) is 4.14. The molecule has 118 valence electrons. The SMILES string of the molecule is Cc1ccc(C(CNCC(C)C)CC2CCOCC2)cc1. The lowest BCUT2D eigenvalue weighted by molar-refractivity contribution is 0.0616. The summed E-state index contributed by atoms with van der Waals surface area (Å²) in [5, 5.41) is 3.66. The molecular weight excluding hydrogens is 258 g/mol. The van der Waals surface area contributed by atoms with Gasteiger partial charge in [-0.05, 0) is 56.0 Å². The van der Waals surface area contributed by atoms with Gasteiger partial charge in [0.05, 0.1) is 0 Å². The van der Waals surface area contributed by atoms with Crippen LogP contribution in [0.1, 0.15) is 50.2 Å². The first kappa shape index (κ1) is 16.5. The molecule has 1 aliphatic heterocycles. The fraction of sp³-hybridized carbons (Fsp3) is 0.684. The molecular formula is C19H31NO. The Bertz CT molecular complexity index is 393. The second kappa shape index (κ2) is 8.55. The maximum atomic E-state index is 5.50. The topological polar surface area (TPSA) is 21.3 Å². The molecule has 1 unspecified atom stereocenters. The van der Waals surface area contributed by atoms with Crippen molar-refractivity contribution in [3.8, 4) is 0 Å². The molecule has 1 heterocycles. The summed E-state index contributed by atoms with van der Waals surface area (Å²) in [5.41, 5.74) is 2.84. The zero-order valence-electron chi connectivity index (χ0n) is 13.9. The predicted molar refractivity (Wildman–Crippen MR) is 89.8 cm³/mol. The Morgan fingerprint density at radius 2 is 1.76 bits per heavy atom. The Morgan fingerprint density at radius 3 is 2.38 bits per heavy atom. The highest BCUT2D eigenvalue weighted by Crippen LogP contribution is 2.29. The molecule has 0 radical (unpaired) electrons. The van der Waals surface area contributed by atoms with Gasteiger partial charge in [-0.1, -0.05) is 43.7 Å². The third-order valence-electron chi connectivity index (χ3n) is 4.45. The average Bonchev–Trinajstić information content (AvgIpc) is 2.48. The van der Waals surface area contributed by atoms with Crippen molar-refractivity contribution in [3.05, 3.63) is 35.4 Å². The van der Waals surface area contributed by atoms with Crippen LogP contribution in [-0.2, 0) is 4.74 Å². The molecule has 1 aliphatic rings. The number of hydrogen-bond donors (Lipinski definition) is 1. The van der Waals surface area contributed by atoms with E-state index in [1.54, 1.807) is 0 Å². The van der Waals surface area contributed by atoms with Gasteiger partial charge in [-0.25, -0.2) is 0 Å². The fourth-order valence-corrected chi connectivity index (χ4v) is 3.11. The van der Waals surface area contributed by atoms with Gasteiger partial charge in [0.1, 0.15) is 0 Å². The first-order chi connectivity index (χ1) is 10.1. The van der Waals surface area contributed by atoms with Crippen LogP contribution in [0.25, 0.3) is 0 Å². The number of aryl methyl sites for hydroxylation is 1. The lowest BCUT2D eigenvalue weighted by Gasteiger charge is -2.27. The van der Waals surface area contributed by atoms with Gasteiger partial charge in [-0.2, -0.15) is 0 Å². The standard InChI is InChI=1S/C19H31NO/c1-15(2)13-20-14-19(12-17-8-10-21-11-9-17)18-6-4-16(3)5-7-18/h4-7,15,17,19-20H,8-14H2,1-3H3. The van der Waals surface area contributed by atoms with Gasteiger partial charge in [0.25, 0.3) is 0 Å². The van der Waals surface area contributed by atoms with Crippen LogP contribution in [0.2, 0.25) is 0 Å². The van der Waals surface area contributed by atoms with E-state index in [2.05, 4.69) is 50.4 Å². The van der Waals surface area contributed by atoms with Crippen LogP contribution in [-0.4, -0.2) is 26.3 Å². The van der Waals surface area contributed by atoms with E-state index in [-0.39, 0.29) is 0 Å². The van der Waals surface area contributed by atoms with E-state index < -0.39 is 0 Å². The highest BCUT2D eigenvalue weighted by molar-refractivity contribution is 5.25. The van der Waals surface area contributed by atoms with Gasteiger partial charge in [0, 0.05) is 19.8 Å². The zero-order valence-corrected chi connectivity index (χ0v) is 13.9. The van der Waals surface area contributed by atoms with E-state index in [9.17, 15) is 0 Å². The molecule has 2 rings (SSSR count). The van der Waals surface area contributed by atoms with Crippen molar-refractivity contribution in [2.24, 2.45) is 11.8 Å². The first-order valence-corrected chi connectivity index (χ1v) is 8.50. The molecule has 0 spiro atoms. The van der Waals surface area contributed by atoms with Crippen LogP contribution < -0.4 is 5.32 Å². The Kier molecular flexibility index (Phi) is 6.72. The van der Waals surface area contributed by atoms with E-state index in [1.807, 2.05) is 0 Å². The summed E-state index contributed by atoms with van der Waals surface area (Å²) >= 11 is 0. The molecule has 1 saturated heterocycles. The third kappa shape index (κ3) is 5.80. The summed E-state index contributed by atoms with van der Waals surface area (Å²) < 4.78 is 5.50. The van der Waals surface area contributed by atoms with Crippen molar-refractivity contribution >= 4 is 0 Å². The first-order valence-electron chi connectivity index (χ1n) is 8.50. The lowest BCUT2D eigenvalue weighted by atomic mass is 9.84. The van der Waals surface area contributed by atoms with Crippen LogP contribution >= 0.6 is 0 Å². The van der Waals surface area contributed by atoms with Gasteiger partial charge < -0.3 is 10.1 Å². The molecule has 0 aromatic heterocycles. The molecule has 1 N–H and O–H groups in total. The van der Waals surface area contributed by atoms with Gasteiger partial charge in [-0.15, -0.1) is 0 Å². The normalized spacial score (nSPS) is 18.1. The number of hydrogen-bond acceptors (Lipinski definition) is 2. The average molecular weight is 289 g/mol. The van der Waals surface area contributed by atoms with Crippen LogP contribution in [0, 0.1) is 18.8 Å². The second-order valence-corrected chi connectivity index (χ2v) is 6.95. The Balaban J connectivity index is 1.96. The Morgan fingerprint density at radius 1 is 1.10 bits per heavy atom. The smallest absolute Gasteiger partial charge is 0.0468 e. The Labute approximate surface area is 130 Å². The fourth-order valence-electron chi connectivity index (χ4n) is 3.11. The monoisotopic (exact) mass is 289 g/mol. The minimum absolute atomic E-state index is 0.632. The quantitative estimate of drug-likeness (QED) is 0.814. The van der Waals surface area contributed by atoms with Gasteiger partial charge in [0.2, 0.25) is 0 Å². The number of nitrogens with one attached hydrogen (secondary N) is 1. The Hall–Kier alpha value is -0.860. The highest BCUT2D eigenvalue weighted by atomic mass is 16.5. The molecule has 1 aromatic carbocycles. The minimum atomic E-state index is 0.632. The molecule has 2 nitrogen and oxygen atoms in total. The van der Waals surface area contributed by atoms with Crippen LogP contribution in [0.4, 0.5) is 0 Å². The van der Waals surface area contributed by atoms with Gasteiger partial charge >= 0.3 is 0 Å². The summed E-state index contributed by atoms with van der Waals surface area (Å²) in [7, 11) is 0.